The molecule has 3 rings (SSSR count). The van der Waals surface area contributed by atoms with E-state index >= 15 is 0 Å². The molecular formula is C14H15ClN2O4. The summed E-state index contributed by atoms with van der Waals surface area (Å²) in [6.07, 6.45) is 1.74. The molecule has 1 unspecified atom stereocenters. The number of hydrogen-bond acceptors (Lipinski definition) is 6. The lowest BCUT2D eigenvalue weighted by Crippen LogP contribution is -2.21. The summed E-state index contributed by atoms with van der Waals surface area (Å²) in [7, 11) is 1.60. The number of nitrogens with zero attached hydrogens (tertiary/aromatic N) is 2. The molecule has 0 fully saturated rings. The standard InChI is InChI=1S/C14H15ClN2O4/c1-3-10(18-2)21-9-6-8-11(14(15)17-7-16-8)13-12(9)19-4-5-20-13/h6-7,10H,3-5H2,1-2H3. The highest BCUT2D eigenvalue weighted by atomic mass is 35.5. The van der Waals surface area contributed by atoms with E-state index in [2.05, 4.69) is 9.97 Å². The number of halogens is 1. The normalized spacial score (nSPS) is 15.0. The molecule has 6 nitrogen and oxygen atoms in total. The monoisotopic (exact) mass is 310 g/mol. The third-order valence-corrected chi connectivity index (χ3v) is 3.47. The molecule has 0 N–H and O–H groups in total. The van der Waals surface area contributed by atoms with E-state index in [1.807, 2.05) is 6.92 Å². The zero-order chi connectivity index (χ0) is 14.8. The Morgan fingerprint density at radius 3 is 2.76 bits per heavy atom. The first-order chi connectivity index (χ1) is 10.2. The molecule has 0 saturated heterocycles. The number of hydrogen-bond donors (Lipinski definition) is 0. The van der Waals surface area contributed by atoms with Crippen LogP contribution in [0.1, 0.15) is 13.3 Å². The van der Waals surface area contributed by atoms with E-state index in [1.165, 1.54) is 6.33 Å². The zero-order valence-corrected chi connectivity index (χ0v) is 12.5. The van der Waals surface area contributed by atoms with Gasteiger partial charge >= 0.3 is 0 Å². The predicted molar refractivity (Wildman–Crippen MR) is 77.3 cm³/mol. The van der Waals surface area contributed by atoms with Crippen molar-refractivity contribution in [2.24, 2.45) is 0 Å². The van der Waals surface area contributed by atoms with Crippen LogP contribution in [0.25, 0.3) is 10.9 Å². The van der Waals surface area contributed by atoms with Crippen molar-refractivity contribution in [2.45, 2.75) is 19.6 Å². The van der Waals surface area contributed by atoms with E-state index in [0.29, 0.717) is 52.9 Å². The van der Waals surface area contributed by atoms with E-state index in [0.717, 1.165) is 0 Å². The quantitative estimate of drug-likeness (QED) is 0.639. The van der Waals surface area contributed by atoms with Gasteiger partial charge in [-0.25, -0.2) is 9.97 Å². The molecule has 0 spiro atoms. The molecule has 0 saturated carbocycles. The van der Waals surface area contributed by atoms with Crippen molar-refractivity contribution in [3.8, 4) is 17.2 Å². The van der Waals surface area contributed by atoms with E-state index in [4.69, 9.17) is 30.5 Å². The maximum atomic E-state index is 6.15. The van der Waals surface area contributed by atoms with Gasteiger partial charge in [-0.15, -0.1) is 0 Å². The van der Waals surface area contributed by atoms with Crippen molar-refractivity contribution in [3.63, 3.8) is 0 Å². The molecule has 7 heteroatoms. The SMILES string of the molecule is CCC(OC)Oc1cc2ncnc(Cl)c2c2c1OCCO2. The maximum absolute atomic E-state index is 6.15. The lowest BCUT2D eigenvalue weighted by molar-refractivity contribution is -0.0567. The molecule has 0 radical (unpaired) electrons. The Morgan fingerprint density at radius 2 is 2.05 bits per heavy atom. The Morgan fingerprint density at radius 1 is 1.29 bits per heavy atom. The summed E-state index contributed by atoms with van der Waals surface area (Å²) in [5.74, 6) is 1.56. The summed E-state index contributed by atoms with van der Waals surface area (Å²) < 4.78 is 22.5. The minimum absolute atomic E-state index is 0.326. The van der Waals surface area contributed by atoms with Gasteiger partial charge in [0.1, 0.15) is 24.7 Å². The van der Waals surface area contributed by atoms with E-state index < -0.39 is 0 Å². The molecular weight excluding hydrogens is 296 g/mol. The largest absolute Gasteiger partial charge is 0.485 e. The molecule has 112 valence electrons. The Bertz CT molecular complexity index is 661. The first kappa shape index (κ1) is 14.2. The van der Waals surface area contributed by atoms with Gasteiger partial charge < -0.3 is 18.9 Å². The highest BCUT2D eigenvalue weighted by molar-refractivity contribution is 6.34. The van der Waals surface area contributed by atoms with Gasteiger partial charge in [-0.2, -0.15) is 0 Å². The van der Waals surface area contributed by atoms with Gasteiger partial charge in [0, 0.05) is 19.6 Å². The zero-order valence-electron chi connectivity index (χ0n) is 11.8. The number of rotatable bonds is 4. The van der Waals surface area contributed by atoms with E-state index in [9.17, 15) is 0 Å². The number of methoxy groups -OCH3 is 1. The van der Waals surface area contributed by atoms with Crippen molar-refractivity contribution >= 4 is 22.5 Å². The molecule has 0 amide bonds. The van der Waals surface area contributed by atoms with Gasteiger partial charge in [0.2, 0.25) is 5.75 Å². The second-order valence-electron chi connectivity index (χ2n) is 4.48. The molecule has 21 heavy (non-hydrogen) atoms. The Labute approximate surface area is 126 Å². The van der Waals surface area contributed by atoms with Crippen molar-refractivity contribution in [3.05, 3.63) is 17.5 Å². The van der Waals surface area contributed by atoms with Crippen LogP contribution in [0.3, 0.4) is 0 Å². The summed E-state index contributed by atoms with van der Waals surface area (Å²) in [6.45, 7) is 2.86. The number of aromatic nitrogens is 2. The average Bonchev–Trinajstić information content (AvgIpc) is 2.52. The molecule has 1 aromatic heterocycles. The molecule has 0 aliphatic carbocycles. The van der Waals surface area contributed by atoms with Gasteiger partial charge in [-0.1, -0.05) is 18.5 Å². The highest BCUT2D eigenvalue weighted by Gasteiger charge is 2.25. The van der Waals surface area contributed by atoms with Gasteiger partial charge in [-0.05, 0) is 0 Å². The fraction of sp³-hybridized carbons (Fsp3) is 0.429. The van der Waals surface area contributed by atoms with Gasteiger partial charge in [0.05, 0.1) is 10.9 Å². The second-order valence-corrected chi connectivity index (χ2v) is 4.84. The summed E-state index contributed by atoms with van der Waals surface area (Å²) in [5.41, 5.74) is 0.639. The molecule has 1 aliphatic heterocycles. The minimum Gasteiger partial charge on any atom is -0.485 e. The van der Waals surface area contributed by atoms with Crippen LogP contribution in [0, 0.1) is 0 Å². The predicted octanol–water partition coefficient (Wildman–Crippen LogP) is 2.82. The van der Waals surface area contributed by atoms with Crippen LogP contribution in [-0.2, 0) is 4.74 Å². The fourth-order valence-corrected chi connectivity index (χ4v) is 2.43. The van der Waals surface area contributed by atoms with Crippen molar-refractivity contribution in [1.82, 2.24) is 9.97 Å². The second kappa shape index (κ2) is 5.91. The van der Waals surface area contributed by atoms with Gasteiger partial charge in [0.25, 0.3) is 0 Å². The molecule has 1 aliphatic rings. The molecule has 1 aromatic carbocycles. The third kappa shape index (κ3) is 2.56. The van der Waals surface area contributed by atoms with Gasteiger partial charge in [0.15, 0.2) is 17.8 Å². The summed E-state index contributed by atoms with van der Waals surface area (Å²) >= 11 is 6.15. The minimum atomic E-state index is -0.366. The molecule has 2 heterocycles. The Balaban J connectivity index is 2.16. The van der Waals surface area contributed by atoms with Crippen LogP contribution in [0.2, 0.25) is 5.15 Å². The molecule has 2 aromatic rings. The van der Waals surface area contributed by atoms with E-state index in [1.54, 1.807) is 13.2 Å². The number of ether oxygens (including phenoxy) is 4. The maximum Gasteiger partial charge on any atom is 0.204 e. The lowest BCUT2D eigenvalue weighted by Gasteiger charge is -2.24. The summed E-state index contributed by atoms with van der Waals surface area (Å²) in [4.78, 5) is 8.21. The number of fused-ring (bicyclic) bond motifs is 3. The Kier molecular flexibility index (Phi) is 3.98. The fourth-order valence-electron chi connectivity index (χ4n) is 2.20. The summed E-state index contributed by atoms with van der Waals surface area (Å²) in [5, 5.41) is 0.957. The first-order valence-corrected chi connectivity index (χ1v) is 7.04. The number of benzene rings is 1. The smallest absolute Gasteiger partial charge is 0.204 e. The van der Waals surface area contributed by atoms with Crippen LogP contribution in [0.4, 0.5) is 0 Å². The van der Waals surface area contributed by atoms with Gasteiger partial charge in [-0.3, -0.25) is 0 Å². The Hall–Kier alpha value is -1.79. The topological polar surface area (TPSA) is 62.7 Å². The van der Waals surface area contributed by atoms with Crippen LogP contribution in [0.5, 0.6) is 17.2 Å². The third-order valence-electron chi connectivity index (χ3n) is 3.19. The summed E-state index contributed by atoms with van der Waals surface area (Å²) in [6, 6.07) is 1.76. The molecule has 1 atom stereocenters. The van der Waals surface area contributed by atoms with E-state index in [-0.39, 0.29) is 6.29 Å². The van der Waals surface area contributed by atoms with Crippen molar-refractivity contribution in [2.75, 3.05) is 20.3 Å². The lowest BCUT2D eigenvalue weighted by atomic mass is 10.2. The van der Waals surface area contributed by atoms with Crippen LogP contribution in [-0.4, -0.2) is 36.6 Å². The van der Waals surface area contributed by atoms with Crippen molar-refractivity contribution in [1.29, 1.82) is 0 Å². The van der Waals surface area contributed by atoms with Crippen LogP contribution < -0.4 is 14.2 Å². The molecule has 0 bridgehead atoms. The average molecular weight is 311 g/mol. The highest BCUT2D eigenvalue weighted by Crippen LogP contribution is 2.46. The van der Waals surface area contributed by atoms with Crippen LogP contribution in [0.15, 0.2) is 12.4 Å². The first-order valence-electron chi connectivity index (χ1n) is 6.66. The van der Waals surface area contributed by atoms with Crippen molar-refractivity contribution < 1.29 is 18.9 Å². The van der Waals surface area contributed by atoms with Crippen LogP contribution >= 0.6 is 11.6 Å².